The first-order valence-electron chi connectivity index (χ1n) is 7.19. The Morgan fingerprint density at radius 1 is 1.45 bits per heavy atom. The Hall–Kier alpha value is -2.01. The van der Waals surface area contributed by atoms with Gasteiger partial charge in [0.15, 0.2) is 0 Å². The van der Waals surface area contributed by atoms with Crippen molar-refractivity contribution < 1.29 is 9.53 Å². The molecule has 0 saturated heterocycles. The van der Waals surface area contributed by atoms with E-state index in [1.165, 1.54) is 16.0 Å². The highest BCUT2D eigenvalue weighted by Gasteiger charge is 2.28. The first kappa shape index (κ1) is 14.9. The maximum absolute atomic E-state index is 12.4. The van der Waals surface area contributed by atoms with Crippen LogP contribution < -0.4 is 10.1 Å². The number of pyridine rings is 1. The predicted molar refractivity (Wildman–Crippen MR) is 87.2 cm³/mol. The molecule has 1 aliphatic rings. The molecule has 0 bridgehead atoms. The molecule has 0 radical (unpaired) electrons. The van der Waals surface area contributed by atoms with Crippen LogP contribution in [0.3, 0.4) is 0 Å². The summed E-state index contributed by atoms with van der Waals surface area (Å²) >= 11 is 1.64. The lowest BCUT2D eigenvalue weighted by Crippen LogP contribution is -2.32. The highest BCUT2D eigenvalue weighted by atomic mass is 32.2. The number of hydrogen-bond acceptors (Lipinski definition) is 4. The molecular weight excluding hydrogens is 296 g/mol. The van der Waals surface area contributed by atoms with Crippen molar-refractivity contribution in [3.63, 3.8) is 0 Å². The minimum Gasteiger partial charge on any atom is -0.481 e. The summed E-state index contributed by atoms with van der Waals surface area (Å²) in [6, 6.07) is 10.1. The van der Waals surface area contributed by atoms with Crippen LogP contribution in [-0.2, 0) is 17.8 Å². The molecule has 1 atom stereocenters. The van der Waals surface area contributed by atoms with Crippen molar-refractivity contribution in [2.24, 2.45) is 0 Å². The standard InChI is InChI=1S/C17H18N2O2S/c1-11-5-6-12-9-15(22-14(12)8-11)16(20)19-10-13-4-3-7-18-17(13)21-2/h3-8,15H,9-10H2,1-2H3,(H,19,20)/t15-/m0/s1. The van der Waals surface area contributed by atoms with Crippen LogP contribution in [-0.4, -0.2) is 23.3 Å². The minimum absolute atomic E-state index is 0.0560. The Kier molecular flexibility index (Phi) is 4.34. The Balaban J connectivity index is 1.62. The molecule has 1 aliphatic heterocycles. The average Bonchev–Trinajstić information content (AvgIpc) is 2.96. The van der Waals surface area contributed by atoms with Gasteiger partial charge in [0.2, 0.25) is 11.8 Å². The van der Waals surface area contributed by atoms with Gasteiger partial charge in [-0.1, -0.05) is 23.8 Å². The van der Waals surface area contributed by atoms with Gasteiger partial charge < -0.3 is 10.1 Å². The van der Waals surface area contributed by atoms with Gasteiger partial charge in [-0.25, -0.2) is 4.98 Å². The van der Waals surface area contributed by atoms with Crippen LogP contribution in [0, 0.1) is 6.92 Å². The molecule has 5 heteroatoms. The van der Waals surface area contributed by atoms with E-state index < -0.39 is 0 Å². The highest BCUT2D eigenvalue weighted by Crippen LogP contribution is 2.37. The molecular formula is C17H18N2O2S. The number of benzene rings is 1. The minimum atomic E-state index is -0.0560. The molecule has 2 aromatic rings. The summed E-state index contributed by atoms with van der Waals surface area (Å²) in [4.78, 5) is 17.7. The average molecular weight is 314 g/mol. The second-order valence-corrected chi connectivity index (χ2v) is 6.56. The number of methoxy groups -OCH3 is 1. The molecule has 4 nitrogen and oxygen atoms in total. The number of carbonyl (C=O) groups is 1. The Labute approximate surface area is 134 Å². The van der Waals surface area contributed by atoms with E-state index in [4.69, 9.17) is 4.74 Å². The first-order valence-corrected chi connectivity index (χ1v) is 8.07. The molecule has 0 saturated carbocycles. The van der Waals surface area contributed by atoms with Crippen molar-refractivity contribution in [1.82, 2.24) is 10.3 Å². The van der Waals surface area contributed by atoms with Crippen LogP contribution in [0.15, 0.2) is 41.4 Å². The molecule has 0 unspecified atom stereocenters. The van der Waals surface area contributed by atoms with Crippen LogP contribution in [0.2, 0.25) is 0 Å². The number of amides is 1. The third kappa shape index (κ3) is 3.09. The van der Waals surface area contributed by atoms with Gasteiger partial charge in [-0.05, 0) is 31.0 Å². The topological polar surface area (TPSA) is 51.2 Å². The van der Waals surface area contributed by atoms with E-state index in [1.54, 1.807) is 25.1 Å². The number of hydrogen-bond donors (Lipinski definition) is 1. The molecule has 2 heterocycles. The quantitative estimate of drug-likeness (QED) is 0.943. The number of fused-ring (bicyclic) bond motifs is 1. The van der Waals surface area contributed by atoms with Crippen molar-refractivity contribution in [2.75, 3.05) is 7.11 Å². The largest absolute Gasteiger partial charge is 0.481 e. The molecule has 0 spiro atoms. The van der Waals surface area contributed by atoms with Gasteiger partial charge in [0.1, 0.15) is 0 Å². The van der Waals surface area contributed by atoms with Gasteiger partial charge in [0, 0.05) is 23.2 Å². The number of rotatable bonds is 4. The van der Waals surface area contributed by atoms with E-state index in [0.717, 1.165) is 12.0 Å². The lowest BCUT2D eigenvalue weighted by Gasteiger charge is -2.11. The van der Waals surface area contributed by atoms with E-state index in [0.29, 0.717) is 12.4 Å². The van der Waals surface area contributed by atoms with Crippen molar-refractivity contribution in [3.05, 3.63) is 53.2 Å². The fraction of sp³-hybridized carbons (Fsp3) is 0.294. The predicted octanol–water partition coefficient (Wildman–Crippen LogP) is 2.73. The maximum Gasteiger partial charge on any atom is 0.234 e. The molecule has 1 N–H and O–H groups in total. The Bertz CT molecular complexity index is 703. The van der Waals surface area contributed by atoms with Crippen LogP contribution in [0.25, 0.3) is 0 Å². The molecule has 114 valence electrons. The summed E-state index contributed by atoms with van der Waals surface area (Å²) < 4.78 is 5.20. The van der Waals surface area contributed by atoms with Crippen LogP contribution >= 0.6 is 11.8 Å². The van der Waals surface area contributed by atoms with Gasteiger partial charge in [-0.2, -0.15) is 0 Å². The van der Waals surface area contributed by atoms with E-state index in [9.17, 15) is 4.79 Å². The van der Waals surface area contributed by atoms with Crippen molar-refractivity contribution in [2.45, 2.75) is 30.0 Å². The van der Waals surface area contributed by atoms with Crippen molar-refractivity contribution in [3.8, 4) is 5.88 Å². The molecule has 1 aromatic heterocycles. The van der Waals surface area contributed by atoms with Gasteiger partial charge in [0.25, 0.3) is 0 Å². The zero-order valence-electron chi connectivity index (χ0n) is 12.6. The van der Waals surface area contributed by atoms with Crippen LogP contribution in [0.5, 0.6) is 5.88 Å². The van der Waals surface area contributed by atoms with E-state index >= 15 is 0 Å². The Morgan fingerprint density at radius 2 is 2.32 bits per heavy atom. The first-order chi connectivity index (χ1) is 10.7. The van der Waals surface area contributed by atoms with Crippen LogP contribution in [0.1, 0.15) is 16.7 Å². The van der Waals surface area contributed by atoms with Crippen molar-refractivity contribution >= 4 is 17.7 Å². The summed E-state index contributed by atoms with van der Waals surface area (Å²) in [5.41, 5.74) is 3.37. The molecule has 1 aromatic carbocycles. The molecule has 3 rings (SSSR count). The highest BCUT2D eigenvalue weighted by molar-refractivity contribution is 8.01. The molecule has 0 fully saturated rings. The third-order valence-corrected chi connectivity index (χ3v) is 4.99. The zero-order chi connectivity index (χ0) is 15.5. The summed E-state index contributed by atoms with van der Waals surface area (Å²) in [5.74, 6) is 0.616. The smallest absolute Gasteiger partial charge is 0.234 e. The monoisotopic (exact) mass is 314 g/mol. The normalized spacial score (nSPS) is 16.2. The molecule has 0 aliphatic carbocycles. The van der Waals surface area contributed by atoms with Gasteiger partial charge in [-0.15, -0.1) is 11.8 Å². The number of thioether (sulfide) groups is 1. The third-order valence-electron chi connectivity index (χ3n) is 3.69. The number of carbonyl (C=O) groups excluding carboxylic acids is 1. The number of aryl methyl sites for hydroxylation is 1. The summed E-state index contributed by atoms with van der Waals surface area (Å²) in [6.45, 7) is 2.51. The van der Waals surface area contributed by atoms with E-state index in [-0.39, 0.29) is 11.2 Å². The number of aromatic nitrogens is 1. The fourth-order valence-corrected chi connectivity index (χ4v) is 3.84. The lowest BCUT2D eigenvalue weighted by atomic mass is 10.1. The van der Waals surface area contributed by atoms with Crippen molar-refractivity contribution in [1.29, 1.82) is 0 Å². The number of nitrogens with zero attached hydrogens (tertiary/aromatic N) is 1. The maximum atomic E-state index is 12.4. The van der Waals surface area contributed by atoms with Gasteiger partial charge in [0.05, 0.1) is 12.4 Å². The van der Waals surface area contributed by atoms with E-state index in [2.05, 4.69) is 35.4 Å². The second-order valence-electron chi connectivity index (χ2n) is 5.31. The molecule has 22 heavy (non-hydrogen) atoms. The van der Waals surface area contributed by atoms with E-state index in [1.807, 2.05) is 12.1 Å². The number of ether oxygens (including phenoxy) is 1. The molecule has 1 amide bonds. The Morgan fingerprint density at radius 3 is 3.14 bits per heavy atom. The summed E-state index contributed by atoms with van der Waals surface area (Å²) in [5, 5.41) is 2.93. The van der Waals surface area contributed by atoms with Gasteiger partial charge >= 0.3 is 0 Å². The summed E-state index contributed by atoms with van der Waals surface area (Å²) in [7, 11) is 1.58. The lowest BCUT2D eigenvalue weighted by molar-refractivity contribution is -0.120. The van der Waals surface area contributed by atoms with Gasteiger partial charge in [-0.3, -0.25) is 4.79 Å². The second kappa shape index (κ2) is 6.40. The van der Waals surface area contributed by atoms with Crippen LogP contribution in [0.4, 0.5) is 0 Å². The zero-order valence-corrected chi connectivity index (χ0v) is 13.4. The number of nitrogens with one attached hydrogen (secondary N) is 1. The SMILES string of the molecule is COc1ncccc1CNC(=O)[C@@H]1Cc2ccc(C)cc2S1. The fourth-order valence-electron chi connectivity index (χ4n) is 2.52. The summed E-state index contributed by atoms with van der Waals surface area (Å²) in [6.07, 6.45) is 2.46.